The van der Waals surface area contributed by atoms with Gasteiger partial charge in [-0.25, -0.2) is 0 Å². The van der Waals surface area contributed by atoms with E-state index in [4.69, 9.17) is 10.00 Å². The Hall–Kier alpha value is -1.53. The lowest BCUT2D eigenvalue weighted by Gasteiger charge is -2.42. The number of nitrogens with one attached hydrogen (secondary N) is 1. The maximum Gasteiger partial charge on any atom is 0.174 e. The molecule has 3 heteroatoms. The molecule has 0 aliphatic heterocycles. The summed E-state index contributed by atoms with van der Waals surface area (Å²) in [5.74, 6) is 0.817. The van der Waals surface area contributed by atoms with Crippen LogP contribution < -0.4 is 10.1 Å². The van der Waals surface area contributed by atoms with Gasteiger partial charge in [0.2, 0.25) is 0 Å². The van der Waals surface area contributed by atoms with Crippen LogP contribution in [0.3, 0.4) is 0 Å². The van der Waals surface area contributed by atoms with Gasteiger partial charge in [-0.05, 0) is 31.7 Å². The van der Waals surface area contributed by atoms with Crippen molar-refractivity contribution in [3.63, 3.8) is 0 Å². The SMILES string of the molecule is CCC1(NCc2ccccc2OCC#N)CCC1. The van der Waals surface area contributed by atoms with E-state index in [0.29, 0.717) is 5.54 Å². The Morgan fingerprint density at radius 3 is 2.78 bits per heavy atom. The maximum atomic E-state index is 8.57. The molecule has 1 saturated carbocycles. The molecule has 0 saturated heterocycles. The van der Waals surface area contributed by atoms with Crippen LogP contribution in [0.25, 0.3) is 0 Å². The van der Waals surface area contributed by atoms with Crippen LogP contribution in [0.1, 0.15) is 38.2 Å². The van der Waals surface area contributed by atoms with E-state index in [2.05, 4.69) is 18.3 Å². The first-order valence-electron chi connectivity index (χ1n) is 6.62. The van der Waals surface area contributed by atoms with Crippen molar-refractivity contribution in [3.8, 4) is 11.8 Å². The molecule has 0 aromatic heterocycles. The highest BCUT2D eigenvalue weighted by atomic mass is 16.5. The van der Waals surface area contributed by atoms with Gasteiger partial charge < -0.3 is 10.1 Å². The Balaban J connectivity index is 1.98. The minimum Gasteiger partial charge on any atom is -0.478 e. The topological polar surface area (TPSA) is 45.0 Å². The molecule has 0 unspecified atom stereocenters. The lowest BCUT2D eigenvalue weighted by atomic mass is 9.75. The van der Waals surface area contributed by atoms with E-state index in [1.54, 1.807) is 0 Å². The fraction of sp³-hybridized carbons (Fsp3) is 0.533. The third kappa shape index (κ3) is 2.83. The van der Waals surface area contributed by atoms with Crippen LogP contribution in [-0.2, 0) is 6.54 Å². The molecule has 0 amide bonds. The molecule has 0 spiro atoms. The zero-order chi connectivity index (χ0) is 12.8. The van der Waals surface area contributed by atoms with E-state index in [1.807, 2.05) is 24.3 Å². The number of benzene rings is 1. The fourth-order valence-electron chi connectivity index (χ4n) is 2.44. The minimum absolute atomic E-state index is 0.107. The van der Waals surface area contributed by atoms with Gasteiger partial charge in [-0.1, -0.05) is 25.1 Å². The van der Waals surface area contributed by atoms with Crippen LogP contribution in [0.5, 0.6) is 5.75 Å². The summed E-state index contributed by atoms with van der Waals surface area (Å²) in [7, 11) is 0. The molecule has 0 radical (unpaired) electrons. The molecule has 1 aromatic carbocycles. The van der Waals surface area contributed by atoms with Gasteiger partial charge in [0.15, 0.2) is 6.61 Å². The predicted molar refractivity (Wildman–Crippen MR) is 71.3 cm³/mol. The van der Waals surface area contributed by atoms with E-state index in [0.717, 1.165) is 17.9 Å². The lowest BCUT2D eigenvalue weighted by molar-refractivity contribution is 0.174. The summed E-state index contributed by atoms with van der Waals surface area (Å²) in [5, 5.41) is 12.2. The van der Waals surface area contributed by atoms with E-state index < -0.39 is 0 Å². The first-order valence-corrected chi connectivity index (χ1v) is 6.62. The van der Waals surface area contributed by atoms with E-state index >= 15 is 0 Å². The first kappa shape index (κ1) is 12.9. The Morgan fingerprint density at radius 2 is 2.17 bits per heavy atom. The first-order chi connectivity index (χ1) is 8.79. The number of para-hydroxylation sites is 1. The molecule has 2 rings (SSSR count). The van der Waals surface area contributed by atoms with Gasteiger partial charge >= 0.3 is 0 Å². The fourth-order valence-corrected chi connectivity index (χ4v) is 2.44. The second-order valence-electron chi connectivity index (χ2n) is 4.90. The van der Waals surface area contributed by atoms with Crippen molar-refractivity contribution in [2.75, 3.05) is 6.61 Å². The summed E-state index contributed by atoms with van der Waals surface area (Å²) >= 11 is 0. The van der Waals surface area contributed by atoms with Crippen molar-refractivity contribution >= 4 is 0 Å². The largest absolute Gasteiger partial charge is 0.478 e. The quantitative estimate of drug-likeness (QED) is 0.836. The molecule has 0 atom stereocenters. The highest BCUT2D eigenvalue weighted by Gasteiger charge is 2.34. The molecule has 1 aromatic rings. The molecule has 3 nitrogen and oxygen atoms in total. The highest BCUT2D eigenvalue weighted by Crippen LogP contribution is 2.35. The number of hydrogen-bond donors (Lipinski definition) is 1. The summed E-state index contributed by atoms with van der Waals surface area (Å²) in [6, 6.07) is 9.94. The smallest absolute Gasteiger partial charge is 0.174 e. The predicted octanol–water partition coefficient (Wildman–Crippen LogP) is 3.01. The van der Waals surface area contributed by atoms with Crippen molar-refractivity contribution in [2.45, 2.75) is 44.7 Å². The summed E-state index contributed by atoms with van der Waals surface area (Å²) < 4.78 is 5.44. The summed E-state index contributed by atoms with van der Waals surface area (Å²) in [4.78, 5) is 0. The number of rotatable bonds is 6. The monoisotopic (exact) mass is 244 g/mol. The molecule has 0 bridgehead atoms. The van der Waals surface area contributed by atoms with Crippen LogP contribution in [0.4, 0.5) is 0 Å². The van der Waals surface area contributed by atoms with Crippen LogP contribution in [0.15, 0.2) is 24.3 Å². The van der Waals surface area contributed by atoms with Gasteiger partial charge in [-0.3, -0.25) is 0 Å². The molecule has 1 fully saturated rings. The van der Waals surface area contributed by atoms with Crippen LogP contribution in [-0.4, -0.2) is 12.1 Å². The number of nitrogens with zero attached hydrogens (tertiary/aromatic N) is 1. The highest BCUT2D eigenvalue weighted by molar-refractivity contribution is 5.33. The third-order valence-corrected chi connectivity index (χ3v) is 3.91. The van der Waals surface area contributed by atoms with Crippen molar-refractivity contribution in [3.05, 3.63) is 29.8 Å². The second-order valence-corrected chi connectivity index (χ2v) is 4.90. The van der Waals surface area contributed by atoms with Gasteiger partial charge in [0, 0.05) is 17.6 Å². The Labute approximate surface area is 109 Å². The van der Waals surface area contributed by atoms with Crippen molar-refractivity contribution < 1.29 is 4.74 Å². The van der Waals surface area contributed by atoms with Gasteiger partial charge in [-0.15, -0.1) is 0 Å². The molecule has 1 N–H and O–H groups in total. The average molecular weight is 244 g/mol. The zero-order valence-corrected chi connectivity index (χ0v) is 10.9. The normalized spacial score (nSPS) is 16.7. The molecule has 1 aliphatic rings. The van der Waals surface area contributed by atoms with Gasteiger partial charge in [0.05, 0.1) is 0 Å². The Bertz CT molecular complexity index is 427. The number of ether oxygens (including phenoxy) is 1. The molecule has 1 aliphatic carbocycles. The van der Waals surface area contributed by atoms with Crippen molar-refractivity contribution in [2.24, 2.45) is 0 Å². The second kappa shape index (κ2) is 5.88. The number of nitriles is 1. The molecular weight excluding hydrogens is 224 g/mol. The molecule has 96 valence electrons. The van der Waals surface area contributed by atoms with Crippen LogP contribution in [0, 0.1) is 11.3 Å². The van der Waals surface area contributed by atoms with Gasteiger partial charge in [-0.2, -0.15) is 5.26 Å². The molecule has 0 heterocycles. The van der Waals surface area contributed by atoms with E-state index in [9.17, 15) is 0 Å². The van der Waals surface area contributed by atoms with E-state index in [-0.39, 0.29) is 6.61 Å². The van der Waals surface area contributed by atoms with Crippen molar-refractivity contribution in [1.29, 1.82) is 5.26 Å². The standard InChI is InChI=1S/C15H20N2O/c1-2-15(8-5-9-15)17-12-13-6-3-4-7-14(13)18-11-10-16/h3-4,6-7,17H,2,5,8-9,11-12H2,1H3. The summed E-state index contributed by atoms with van der Waals surface area (Å²) in [6.45, 7) is 3.16. The van der Waals surface area contributed by atoms with Crippen LogP contribution >= 0.6 is 0 Å². The van der Waals surface area contributed by atoms with E-state index in [1.165, 1.54) is 25.7 Å². The average Bonchev–Trinajstić information content (AvgIpc) is 2.37. The third-order valence-electron chi connectivity index (χ3n) is 3.91. The van der Waals surface area contributed by atoms with Gasteiger partial charge in [0.25, 0.3) is 0 Å². The molecular formula is C15H20N2O. The maximum absolute atomic E-state index is 8.57. The minimum atomic E-state index is 0.107. The zero-order valence-electron chi connectivity index (χ0n) is 10.9. The van der Waals surface area contributed by atoms with Crippen molar-refractivity contribution in [1.82, 2.24) is 5.32 Å². The Kier molecular flexibility index (Phi) is 4.22. The number of hydrogen-bond acceptors (Lipinski definition) is 3. The Morgan fingerprint density at radius 1 is 1.39 bits per heavy atom. The van der Waals surface area contributed by atoms with Crippen LogP contribution in [0.2, 0.25) is 0 Å². The summed E-state index contributed by atoms with van der Waals surface area (Å²) in [5.41, 5.74) is 1.47. The molecule has 18 heavy (non-hydrogen) atoms. The summed E-state index contributed by atoms with van der Waals surface area (Å²) in [6.07, 6.45) is 5.04. The lowest BCUT2D eigenvalue weighted by Crippen LogP contribution is -2.49. The van der Waals surface area contributed by atoms with Gasteiger partial charge in [0.1, 0.15) is 11.8 Å².